The minimum atomic E-state index is 0.177. The lowest BCUT2D eigenvalue weighted by Gasteiger charge is -2.16. The van der Waals surface area contributed by atoms with Crippen molar-refractivity contribution in [3.63, 3.8) is 0 Å². The van der Waals surface area contributed by atoms with E-state index in [-0.39, 0.29) is 5.91 Å². The van der Waals surface area contributed by atoms with E-state index in [0.29, 0.717) is 6.42 Å². The number of unbranched alkanes of at least 4 members (excludes halogenated alkanes) is 1. The van der Waals surface area contributed by atoms with Gasteiger partial charge >= 0.3 is 0 Å². The number of alkyl halides is 1. The predicted octanol–water partition coefficient (Wildman–Crippen LogP) is 3.19. The minimum absolute atomic E-state index is 0.177. The second kappa shape index (κ2) is 10.9. The van der Waals surface area contributed by atoms with Crippen molar-refractivity contribution in [2.75, 3.05) is 25.5 Å². The Morgan fingerprint density at radius 2 is 1.95 bits per heavy atom. The van der Waals surface area contributed by atoms with Crippen molar-refractivity contribution in [2.45, 2.75) is 32.2 Å². The normalized spacial score (nSPS) is 10.8. The number of amides is 1. The molecular weight excluding hydrogens is 316 g/mol. The second-order valence-electron chi connectivity index (χ2n) is 5.07. The number of hydrogen-bond acceptors (Lipinski definition) is 2. The largest absolute Gasteiger partial charge is 0.356 e. The number of hydrogen-bond donors (Lipinski definition) is 1. The van der Waals surface area contributed by atoms with E-state index in [1.54, 1.807) is 0 Å². The summed E-state index contributed by atoms with van der Waals surface area (Å²) in [6, 6.07) is 10.4. The molecule has 4 heteroatoms. The molecule has 112 valence electrons. The van der Waals surface area contributed by atoms with Crippen LogP contribution >= 0.6 is 15.9 Å². The van der Waals surface area contributed by atoms with Crippen molar-refractivity contribution < 1.29 is 4.79 Å². The van der Waals surface area contributed by atoms with E-state index in [2.05, 4.69) is 57.5 Å². The first kappa shape index (κ1) is 17.2. The van der Waals surface area contributed by atoms with Gasteiger partial charge in [-0.3, -0.25) is 4.79 Å². The topological polar surface area (TPSA) is 32.3 Å². The van der Waals surface area contributed by atoms with Gasteiger partial charge in [0.15, 0.2) is 0 Å². The second-order valence-corrected chi connectivity index (χ2v) is 5.87. The maximum atomic E-state index is 11.5. The van der Waals surface area contributed by atoms with Crippen molar-refractivity contribution in [3.8, 4) is 0 Å². The third kappa shape index (κ3) is 8.33. The van der Waals surface area contributed by atoms with Crippen LogP contribution in [0.3, 0.4) is 0 Å². The highest BCUT2D eigenvalue weighted by Gasteiger charge is 2.02. The number of nitrogens with one attached hydrogen (secondary N) is 1. The maximum Gasteiger partial charge on any atom is 0.219 e. The minimum Gasteiger partial charge on any atom is -0.356 e. The molecule has 0 aliphatic carbocycles. The molecule has 3 nitrogen and oxygen atoms in total. The smallest absolute Gasteiger partial charge is 0.219 e. The van der Waals surface area contributed by atoms with Gasteiger partial charge in [-0.25, -0.2) is 0 Å². The first-order valence-electron chi connectivity index (χ1n) is 7.27. The molecule has 0 bridgehead atoms. The van der Waals surface area contributed by atoms with E-state index in [0.717, 1.165) is 44.2 Å². The lowest BCUT2D eigenvalue weighted by atomic mass is 10.2. The van der Waals surface area contributed by atoms with E-state index < -0.39 is 0 Å². The number of carbonyl (C=O) groups excluding carboxylic acids is 1. The van der Waals surface area contributed by atoms with Crippen LogP contribution in [0.2, 0.25) is 0 Å². The number of rotatable bonds is 10. The summed E-state index contributed by atoms with van der Waals surface area (Å²) in [5.41, 5.74) is 1.33. The average Bonchev–Trinajstić information content (AvgIpc) is 2.45. The Kier molecular flexibility index (Phi) is 9.33. The fraction of sp³-hybridized carbons (Fsp3) is 0.562. The van der Waals surface area contributed by atoms with Crippen molar-refractivity contribution in [2.24, 2.45) is 0 Å². The molecule has 0 aliphatic rings. The molecule has 20 heavy (non-hydrogen) atoms. The zero-order valence-electron chi connectivity index (χ0n) is 12.3. The third-order valence-corrected chi connectivity index (χ3v) is 3.68. The lowest BCUT2D eigenvalue weighted by Crippen LogP contribution is -2.27. The standard InChI is InChI=1S/C16H25BrN2O/c1-19(14-15-8-3-2-4-9-15)13-7-12-18-16(20)10-5-6-11-17/h2-4,8-9H,5-7,10-14H2,1H3,(H,18,20). The van der Waals surface area contributed by atoms with Crippen LogP contribution in [-0.4, -0.2) is 36.3 Å². The van der Waals surface area contributed by atoms with Gasteiger partial charge in [-0.15, -0.1) is 0 Å². The van der Waals surface area contributed by atoms with Gasteiger partial charge in [0.1, 0.15) is 0 Å². The molecule has 1 rings (SSSR count). The summed E-state index contributed by atoms with van der Waals surface area (Å²) in [7, 11) is 2.12. The average molecular weight is 341 g/mol. The Hall–Kier alpha value is -0.870. The van der Waals surface area contributed by atoms with Gasteiger partial charge in [0.05, 0.1) is 0 Å². The molecule has 0 unspecified atom stereocenters. The monoisotopic (exact) mass is 340 g/mol. The van der Waals surface area contributed by atoms with Crippen molar-refractivity contribution in [3.05, 3.63) is 35.9 Å². The molecule has 0 saturated heterocycles. The highest BCUT2D eigenvalue weighted by atomic mass is 79.9. The summed E-state index contributed by atoms with van der Waals surface area (Å²) in [6.07, 6.45) is 3.66. The van der Waals surface area contributed by atoms with Crippen LogP contribution in [-0.2, 0) is 11.3 Å². The highest BCUT2D eigenvalue weighted by Crippen LogP contribution is 2.02. The highest BCUT2D eigenvalue weighted by molar-refractivity contribution is 9.09. The van der Waals surface area contributed by atoms with E-state index in [4.69, 9.17) is 0 Å². The number of nitrogens with zero attached hydrogens (tertiary/aromatic N) is 1. The molecule has 0 atom stereocenters. The Morgan fingerprint density at radius 1 is 1.20 bits per heavy atom. The van der Waals surface area contributed by atoms with E-state index in [9.17, 15) is 4.79 Å². The molecule has 0 heterocycles. The van der Waals surface area contributed by atoms with Crippen molar-refractivity contribution in [1.29, 1.82) is 0 Å². The summed E-state index contributed by atoms with van der Waals surface area (Å²) in [6.45, 7) is 2.73. The molecule has 1 N–H and O–H groups in total. The maximum absolute atomic E-state index is 11.5. The molecule has 0 aromatic heterocycles. The SMILES string of the molecule is CN(CCCNC(=O)CCCCBr)Cc1ccccc1. The van der Waals surface area contributed by atoms with Crippen LogP contribution < -0.4 is 5.32 Å². The summed E-state index contributed by atoms with van der Waals surface area (Å²) in [5, 5.41) is 3.96. The first-order valence-corrected chi connectivity index (χ1v) is 8.39. The van der Waals surface area contributed by atoms with Gasteiger partial charge in [0.25, 0.3) is 0 Å². The summed E-state index contributed by atoms with van der Waals surface area (Å²) in [4.78, 5) is 13.8. The lowest BCUT2D eigenvalue weighted by molar-refractivity contribution is -0.121. The number of carbonyl (C=O) groups is 1. The summed E-state index contributed by atoms with van der Waals surface area (Å²) in [5.74, 6) is 0.177. The molecule has 0 aliphatic heterocycles. The molecule has 0 spiro atoms. The van der Waals surface area contributed by atoms with Crippen LogP contribution in [0.5, 0.6) is 0 Å². The summed E-state index contributed by atoms with van der Waals surface area (Å²) < 4.78 is 0. The number of benzene rings is 1. The Morgan fingerprint density at radius 3 is 2.65 bits per heavy atom. The molecule has 0 saturated carbocycles. The summed E-state index contributed by atoms with van der Waals surface area (Å²) >= 11 is 3.37. The van der Waals surface area contributed by atoms with Gasteiger partial charge < -0.3 is 10.2 Å². The van der Waals surface area contributed by atoms with Gasteiger partial charge in [-0.2, -0.15) is 0 Å². The Bertz CT molecular complexity index is 370. The van der Waals surface area contributed by atoms with Crippen LogP contribution in [0.15, 0.2) is 30.3 Å². The van der Waals surface area contributed by atoms with Crippen LogP contribution in [0, 0.1) is 0 Å². The quantitative estimate of drug-likeness (QED) is 0.524. The Labute approximate surface area is 130 Å². The molecule has 1 aromatic rings. The zero-order valence-corrected chi connectivity index (χ0v) is 13.9. The van der Waals surface area contributed by atoms with Gasteiger partial charge in [0, 0.05) is 24.8 Å². The zero-order chi connectivity index (χ0) is 14.6. The van der Waals surface area contributed by atoms with Gasteiger partial charge in [-0.1, -0.05) is 46.3 Å². The molecule has 0 radical (unpaired) electrons. The van der Waals surface area contributed by atoms with Crippen LogP contribution in [0.25, 0.3) is 0 Å². The van der Waals surface area contributed by atoms with Crippen LogP contribution in [0.4, 0.5) is 0 Å². The molecule has 1 aromatic carbocycles. The van der Waals surface area contributed by atoms with Crippen LogP contribution in [0.1, 0.15) is 31.2 Å². The fourth-order valence-corrected chi connectivity index (χ4v) is 2.42. The Balaban J connectivity index is 2.04. The fourth-order valence-electron chi connectivity index (χ4n) is 2.02. The predicted molar refractivity (Wildman–Crippen MR) is 88.0 cm³/mol. The molecular formula is C16H25BrN2O. The number of halogens is 1. The third-order valence-electron chi connectivity index (χ3n) is 3.12. The van der Waals surface area contributed by atoms with E-state index in [1.807, 2.05) is 6.07 Å². The molecule has 0 fully saturated rings. The van der Waals surface area contributed by atoms with E-state index >= 15 is 0 Å². The van der Waals surface area contributed by atoms with Crippen molar-refractivity contribution in [1.82, 2.24) is 10.2 Å². The molecule has 1 amide bonds. The van der Waals surface area contributed by atoms with E-state index in [1.165, 1.54) is 5.56 Å². The van der Waals surface area contributed by atoms with Gasteiger partial charge in [-0.05, 0) is 38.4 Å². The van der Waals surface area contributed by atoms with Gasteiger partial charge in [0.2, 0.25) is 5.91 Å². The van der Waals surface area contributed by atoms with Crippen molar-refractivity contribution >= 4 is 21.8 Å². The first-order chi connectivity index (χ1) is 9.72.